The smallest absolute Gasteiger partial charge is 0.325 e. The molecule has 0 bridgehead atoms. The Morgan fingerprint density at radius 1 is 1.39 bits per heavy atom. The minimum absolute atomic E-state index is 0.0604. The van der Waals surface area contributed by atoms with Crippen molar-refractivity contribution in [3.05, 3.63) is 0 Å². The van der Waals surface area contributed by atoms with Gasteiger partial charge in [0.05, 0.1) is 12.5 Å². The number of ether oxygens (including phenoxy) is 1. The summed E-state index contributed by atoms with van der Waals surface area (Å²) < 4.78 is 4.66. The number of amides is 1. The molecule has 1 aliphatic heterocycles. The van der Waals surface area contributed by atoms with Crippen LogP contribution >= 0.6 is 0 Å². The summed E-state index contributed by atoms with van der Waals surface area (Å²) >= 11 is 0. The van der Waals surface area contributed by atoms with Gasteiger partial charge in [-0.3, -0.25) is 9.59 Å². The number of carbonyl (C=O) groups excluding carboxylic acids is 2. The molecule has 1 unspecified atom stereocenters. The van der Waals surface area contributed by atoms with Crippen LogP contribution < -0.4 is 5.32 Å². The van der Waals surface area contributed by atoms with E-state index in [1.807, 2.05) is 13.8 Å². The Morgan fingerprint density at radius 2 is 2.11 bits per heavy atom. The van der Waals surface area contributed by atoms with Crippen molar-refractivity contribution in [1.82, 2.24) is 10.2 Å². The van der Waals surface area contributed by atoms with Crippen molar-refractivity contribution in [2.24, 2.45) is 5.41 Å². The van der Waals surface area contributed by atoms with Crippen LogP contribution in [0.25, 0.3) is 0 Å². The monoisotopic (exact) mass is 256 g/mol. The lowest BCUT2D eigenvalue weighted by Gasteiger charge is -2.32. The molecule has 0 spiro atoms. The van der Waals surface area contributed by atoms with E-state index in [1.54, 1.807) is 4.90 Å². The molecule has 1 amide bonds. The summed E-state index contributed by atoms with van der Waals surface area (Å²) in [5, 5.41) is 3.25. The van der Waals surface area contributed by atoms with Crippen LogP contribution in [0.5, 0.6) is 0 Å². The Bertz CT molecular complexity index is 299. The standard InChI is InChI=1S/C13H24N2O3/c1-4-8-15(9-11(16)18-3)12(17)13(5-2)6-7-14-10-13/h14H,4-10H2,1-3H3. The molecule has 0 radical (unpaired) electrons. The second-order valence-corrected chi connectivity index (χ2v) is 4.86. The van der Waals surface area contributed by atoms with Gasteiger partial charge in [-0.1, -0.05) is 13.8 Å². The fourth-order valence-corrected chi connectivity index (χ4v) is 2.46. The first-order valence-electron chi connectivity index (χ1n) is 6.66. The molecule has 1 heterocycles. The first-order chi connectivity index (χ1) is 8.59. The van der Waals surface area contributed by atoms with Crippen LogP contribution in [-0.2, 0) is 14.3 Å². The van der Waals surface area contributed by atoms with Gasteiger partial charge in [-0.05, 0) is 25.8 Å². The molecule has 104 valence electrons. The molecular weight excluding hydrogens is 232 g/mol. The highest BCUT2D eigenvalue weighted by atomic mass is 16.5. The molecule has 1 rings (SSSR count). The minimum atomic E-state index is -0.353. The molecule has 0 aliphatic carbocycles. The van der Waals surface area contributed by atoms with Gasteiger partial charge < -0.3 is 15.0 Å². The van der Waals surface area contributed by atoms with Gasteiger partial charge in [0, 0.05) is 13.1 Å². The first-order valence-corrected chi connectivity index (χ1v) is 6.66. The summed E-state index contributed by atoms with van der Waals surface area (Å²) in [4.78, 5) is 25.6. The fourth-order valence-electron chi connectivity index (χ4n) is 2.46. The van der Waals surface area contributed by atoms with E-state index in [9.17, 15) is 9.59 Å². The fraction of sp³-hybridized carbons (Fsp3) is 0.846. The van der Waals surface area contributed by atoms with Crippen LogP contribution in [0.3, 0.4) is 0 Å². The molecule has 0 aromatic rings. The van der Waals surface area contributed by atoms with Gasteiger partial charge in [-0.15, -0.1) is 0 Å². The number of rotatable bonds is 6. The van der Waals surface area contributed by atoms with Crippen LogP contribution in [-0.4, -0.2) is 50.1 Å². The molecule has 0 aromatic carbocycles. The molecular formula is C13H24N2O3. The van der Waals surface area contributed by atoms with Crippen molar-refractivity contribution >= 4 is 11.9 Å². The average Bonchev–Trinajstić information content (AvgIpc) is 2.87. The lowest BCUT2D eigenvalue weighted by Crippen LogP contribution is -2.47. The summed E-state index contributed by atoms with van der Waals surface area (Å²) in [5.74, 6) is -0.267. The van der Waals surface area contributed by atoms with Gasteiger partial charge in [0.1, 0.15) is 6.54 Å². The molecule has 1 fully saturated rings. The highest BCUT2D eigenvalue weighted by Crippen LogP contribution is 2.31. The van der Waals surface area contributed by atoms with Gasteiger partial charge in [-0.2, -0.15) is 0 Å². The van der Waals surface area contributed by atoms with E-state index in [0.717, 1.165) is 25.8 Å². The Balaban J connectivity index is 2.77. The van der Waals surface area contributed by atoms with Crippen LogP contribution in [0, 0.1) is 5.41 Å². The Kier molecular flexibility index (Phi) is 5.59. The first kappa shape index (κ1) is 15.0. The Morgan fingerprint density at radius 3 is 2.56 bits per heavy atom. The lowest BCUT2D eigenvalue weighted by atomic mass is 9.82. The number of nitrogens with one attached hydrogen (secondary N) is 1. The van der Waals surface area contributed by atoms with Gasteiger partial charge >= 0.3 is 5.97 Å². The summed E-state index contributed by atoms with van der Waals surface area (Å²) in [6.07, 6.45) is 2.50. The molecule has 1 atom stereocenters. The summed E-state index contributed by atoms with van der Waals surface area (Å²) in [6, 6.07) is 0. The molecule has 1 aliphatic rings. The molecule has 0 aromatic heterocycles. The molecule has 1 saturated heterocycles. The Hall–Kier alpha value is -1.10. The second kappa shape index (κ2) is 6.73. The topological polar surface area (TPSA) is 58.6 Å². The zero-order valence-corrected chi connectivity index (χ0v) is 11.6. The third kappa shape index (κ3) is 3.22. The van der Waals surface area contributed by atoms with Gasteiger partial charge in [0.2, 0.25) is 5.91 Å². The van der Waals surface area contributed by atoms with Crippen molar-refractivity contribution in [2.75, 3.05) is 33.3 Å². The van der Waals surface area contributed by atoms with E-state index in [4.69, 9.17) is 0 Å². The SMILES string of the molecule is CCCN(CC(=O)OC)C(=O)C1(CC)CCNC1. The van der Waals surface area contributed by atoms with Crippen LogP contribution in [0.15, 0.2) is 0 Å². The predicted octanol–water partition coefficient (Wildman–Crippen LogP) is 0.788. The van der Waals surface area contributed by atoms with E-state index >= 15 is 0 Å². The molecule has 1 N–H and O–H groups in total. The average molecular weight is 256 g/mol. The number of carbonyl (C=O) groups is 2. The highest BCUT2D eigenvalue weighted by Gasteiger charge is 2.42. The number of nitrogens with zero attached hydrogens (tertiary/aromatic N) is 1. The number of hydrogen-bond donors (Lipinski definition) is 1. The summed E-state index contributed by atoms with van der Waals surface area (Å²) in [6.45, 7) is 6.29. The Labute approximate surface area is 109 Å². The third-order valence-electron chi connectivity index (χ3n) is 3.70. The van der Waals surface area contributed by atoms with Crippen molar-refractivity contribution in [3.63, 3.8) is 0 Å². The zero-order chi connectivity index (χ0) is 13.6. The van der Waals surface area contributed by atoms with E-state index in [0.29, 0.717) is 13.1 Å². The van der Waals surface area contributed by atoms with Crippen LogP contribution in [0.2, 0.25) is 0 Å². The van der Waals surface area contributed by atoms with Gasteiger partial charge in [0.25, 0.3) is 0 Å². The van der Waals surface area contributed by atoms with Crippen molar-refractivity contribution in [3.8, 4) is 0 Å². The number of esters is 1. The van der Waals surface area contributed by atoms with Crippen molar-refractivity contribution < 1.29 is 14.3 Å². The second-order valence-electron chi connectivity index (χ2n) is 4.86. The maximum absolute atomic E-state index is 12.6. The van der Waals surface area contributed by atoms with E-state index < -0.39 is 0 Å². The normalized spacial score (nSPS) is 22.8. The van der Waals surface area contributed by atoms with Gasteiger partial charge in [-0.25, -0.2) is 0 Å². The summed E-state index contributed by atoms with van der Waals surface area (Å²) in [7, 11) is 1.35. The maximum Gasteiger partial charge on any atom is 0.325 e. The predicted molar refractivity (Wildman–Crippen MR) is 69.1 cm³/mol. The molecule has 18 heavy (non-hydrogen) atoms. The number of hydrogen-bond acceptors (Lipinski definition) is 4. The van der Waals surface area contributed by atoms with Crippen molar-refractivity contribution in [1.29, 1.82) is 0 Å². The number of methoxy groups -OCH3 is 1. The van der Waals surface area contributed by atoms with Crippen LogP contribution in [0.4, 0.5) is 0 Å². The zero-order valence-electron chi connectivity index (χ0n) is 11.6. The maximum atomic E-state index is 12.6. The molecule has 0 saturated carbocycles. The van der Waals surface area contributed by atoms with Crippen molar-refractivity contribution in [2.45, 2.75) is 33.1 Å². The quantitative estimate of drug-likeness (QED) is 0.714. The largest absolute Gasteiger partial charge is 0.468 e. The summed E-state index contributed by atoms with van der Waals surface area (Å²) in [5.41, 5.74) is -0.330. The van der Waals surface area contributed by atoms with E-state index in [-0.39, 0.29) is 23.8 Å². The van der Waals surface area contributed by atoms with Gasteiger partial charge in [0.15, 0.2) is 0 Å². The van der Waals surface area contributed by atoms with E-state index in [2.05, 4.69) is 10.1 Å². The minimum Gasteiger partial charge on any atom is -0.468 e. The highest BCUT2D eigenvalue weighted by molar-refractivity contribution is 5.86. The molecule has 5 nitrogen and oxygen atoms in total. The third-order valence-corrected chi connectivity index (χ3v) is 3.70. The van der Waals surface area contributed by atoms with Crippen LogP contribution in [0.1, 0.15) is 33.1 Å². The van der Waals surface area contributed by atoms with E-state index in [1.165, 1.54) is 7.11 Å². The lowest BCUT2D eigenvalue weighted by molar-refractivity contribution is -0.151. The molecule has 5 heteroatoms.